The third kappa shape index (κ3) is 3.17. The monoisotopic (exact) mass is 319 g/mol. The van der Waals surface area contributed by atoms with E-state index in [0.29, 0.717) is 0 Å². The van der Waals surface area contributed by atoms with Gasteiger partial charge in [-0.1, -0.05) is 34.1 Å². The molecular formula is C16H18BrNO. The first-order valence-corrected chi connectivity index (χ1v) is 7.07. The number of para-hydroxylation sites is 1. The molecule has 2 nitrogen and oxygen atoms in total. The minimum absolute atomic E-state index is 0.0474. The Morgan fingerprint density at radius 2 is 1.68 bits per heavy atom. The first-order chi connectivity index (χ1) is 8.99. The average molecular weight is 320 g/mol. The van der Waals surface area contributed by atoms with Gasteiger partial charge in [-0.3, -0.25) is 0 Å². The Balaban J connectivity index is 2.37. The predicted octanol–water partition coefficient (Wildman–Crippen LogP) is 4.88. The van der Waals surface area contributed by atoms with Gasteiger partial charge < -0.3 is 10.5 Å². The van der Waals surface area contributed by atoms with Crippen molar-refractivity contribution < 1.29 is 4.74 Å². The Morgan fingerprint density at radius 3 is 2.26 bits per heavy atom. The number of rotatable bonds is 3. The Labute approximate surface area is 122 Å². The molecular weight excluding hydrogens is 302 g/mol. The maximum Gasteiger partial charge on any atom is 0.132 e. The second-order valence-corrected chi connectivity index (χ2v) is 5.59. The minimum atomic E-state index is -0.0474. The summed E-state index contributed by atoms with van der Waals surface area (Å²) in [6.45, 7) is 6.07. The number of ether oxygens (including phenoxy) is 1. The highest BCUT2D eigenvalue weighted by Gasteiger charge is 2.09. The van der Waals surface area contributed by atoms with Crippen LogP contribution in [0.3, 0.4) is 0 Å². The molecule has 1 unspecified atom stereocenters. The van der Waals surface area contributed by atoms with Crippen molar-refractivity contribution in [1.82, 2.24) is 0 Å². The zero-order valence-corrected chi connectivity index (χ0v) is 13.0. The van der Waals surface area contributed by atoms with Crippen LogP contribution >= 0.6 is 15.9 Å². The molecule has 19 heavy (non-hydrogen) atoms. The summed E-state index contributed by atoms with van der Waals surface area (Å²) in [5.74, 6) is 1.66. The SMILES string of the molecule is Cc1cc(Oc2ccccc2C(C)N)cc(C)c1Br. The Hall–Kier alpha value is -1.32. The zero-order chi connectivity index (χ0) is 14.0. The molecule has 2 N–H and O–H groups in total. The molecule has 0 saturated heterocycles. The molecule has 0 saturated carbocycles. The second kappa shape index (κ2) is 5.76. The fraction of sp³-hybridized carbons (Fsp3) is 0.250. The Morgan fingerprint density at radius 1 is 1.11 bits per heavy atom. The van der Waals surface area contributed by atoms with Crippen LogP contribution in [0, 0.1) is 13.8 Å². The first-order valence-electron chi connectivity index (χ1n) is 6.28. The van der Waals surface area contributed by atoms with E-state index in [2.05, 4.69) is 29.8 Å². The lowest BCUT2D eigenvalue weighted by Crippen LogP contribution is -2.06. The Bertz CT molecular complexity index is 570. The highest BCUT2D eigenvalue weighted by atomic mass is 79.9. The van der Waals surface area contributed by atoms with E-state index in [4.69, 9.17) is 10.5 Å². The third-order valence-corrected chi connectivity index (χ3v) is 4.30. The molecule has 2 rings (SSSR count). The van der Waals surface area contributed by atoms with Crippen LogP contribution in [0.4, 0.5) is 0 Å². The Kier molecular flexibility index (Phi) is 4.27. The summed E-state index contributed by atoms with van der Waals surface area (Å²) in [5, 5.41) is 0. The van der Waals surface area contributed by atoms with E-state index in [1.165, 1.54) is 0 Å². The summed E-state index contributed by atoms with van der Waals surface area (Å²) < 4.78 is 7.11. The summed E-state index contributed by atoms with van der Waals surface area (Å²) in [5.41, 5.74) is 9.30. The predicted molar refractivity (Wildman–Crippen MR) is 82.7 cm³/mol. The average Bonchev–Trinajstić information content (AvgIpc) is 2.36. The zero-order valence-electron chi connectivity index (χ0n) is 11.4. The van der Waals surface area contributed by atoms with E-state index in [9.17, 15) is 0 Å². The molecule has 0 aliphatic carbocycles. The summed E-state index contributed by atoms with van der Waals surface area (Å²) in [6, 6.07) is 11.9. The van der Waals surface area contributed by atoms with Gasteiger partial charge in [0.15, 0.2) is 0 Å². The lowest BCUT2D eigenvalue weighted by molar-refractivity contribution is 0.471. The van der Waals surface area contributed by atoms with E-state index >= 15 is 0 Å². The maximum absolute atomic E-state index is 5.99. The van der Waals surface area contributed by atoms with Crippen LogP contribution in [0.25, 0.3) is 0 Å². The molecule has 3 heteroatoms. The topological polar surface area (TPSA) is 35.2 Å². The van der Waals surface area contributed by atoms with Gasteiger partial charge in [0.05, 0.1) is 0 Å². The molecule has 100 valence electrons. The van der Waals surface area contributed by atoms with Crippen molar-refractivity contribution in [2.45, 2.75) is 26.8 Å². The van der Waals surface area contributed by atoms with Crippen molar-refractivity contribution in [2.75, 3.05) is 0 Å². The van der Waals surface area contributed by atoms with Crippen molar-refractivity contribution in [3.8, 4) is 11.5 Å². The number of hydrogen-bond donors (Lipinski definition) is 1. The number of benzene rings is 2. The van der Waals surface area contributed by atoms with Crippen molar-refractivity contribution in [2.24, 2.45) is 5.73 Å². The first kappa shape index (κ1) is 14.1. The standard InChI is InChI=1S/C16H18BrNO/c1-10-8-13(9-11(2)16(10)17)19-15-7-5-4-6-14(15)12(3)18/h4-9,12H,18H2,1-3H3. The number of halogens is 1. The van der Waals surface area contributed by atoms with E-state index < -0.39 is 0 Å². The summed E-state index contributed by atoms with van der Waals surface area (Å²) in [7, 11) is 0. The minimum Gasteiger partial charge on any atom is -0.457 e. The van der Waals surface area contributed by atoms with Crippen LogP contribution in [-0.4, -0.2) is 0 Å². The van der Waals surface area contributed by atoms with Gasteiger partial charge in [0.2, 0.25) is 0 Å². The normalized spacial score (nSPS) is 12.3. The molecule has 0 aromatic heterocycles. The van der Waals surface area contributed by atoms with Crippen LogP contribution < -0.4 is 10.5 Å². The van der Waals surface area contributed by atoms with Crippen molar-refractivity contribution in [1.29, 1.82) is 0 Å². The molecule has 0 spiro atoms. The van der Waals surface area contributed by atoms with E-state index in [1.54, 1.807) is 0 Å². The molecule has 0 radical (unpaired) electrons. The highest BCUT2D eigenvalue weighted by molar-refractivity contribution is 9.10. The van der Waals surface area contributed by atoms with Crippen molar-refractivity contribution >= 4 is 15.9 Å². The van der Waals surface area contributed by atoms with Gasteiger partial charge >= 0.3 is 0 Å². The lowest BCUT2D eigenvalue weighted by Gasteiger charge is -2.15. The largest absolute Gasteiger partial charge is 0.457 e. The molecule has 0 aliphatic heterocycles. The number of nitrogens with two attached hydrogens (primary N) is 1. The molecule has 0 aliphatic rings. The van der Waals surface area contributed by atoms with Gasteiger partial charge in [-0.2, -0.15) is 0 Å². The molecule has 2 aromatic rings. The second-order valence-electron chi connectivity index (χ2n) is 4.80. The van der Waals surface area contributed by atoms with Crippen molar-refractivity contribution in [3.05, 3.63) is 57.6 Å². The molecule has 0 bridgehead atoms. The van der Waals surface area contributed by atoms with Crippen LogP contribution in [-0.2, 0) is 0 Å². The van der Waals surface area contributed by atoms with Gasteiger partial charge in [-0.05, 0) is 50.1 Å². The molecule has 0 amide bonds. The van der Waals surface area contributed by atoms with Gasteiger partial charge in [0.25, 0.3) is 0 Å². The summed E-state index contributed by atoms with van der Waals surface area (Å²) in [6.07, 6.45) is 0. The number of aryl methyl sites for hydroxylation is 2. The quantitative estimate of drug-likeness (QED) is 0.875. The fourth-order valence-corrected chi connectivity index (χ4v) is 2.27. The van der Waals surface area contributed by atoms with E-state index in [1.807, 2.05) is 43.3 Å². The molecule has 0 heterocycles. The maximum atomic E-state index is 5.99. The van der Waals surface area contributed by atoms with Crippen LogP contribution in [0.2, 0.25) is 0 Å². The van der Waals surface area contributed by atoms with Crippen LogP contribution in [0.1, 0.15) is 29.7 Å². The van der Waals surface area contributed by atoms with Crippen LogP contribution in [0.5, 0.6) is 11.5 Å². The lowest BCUT2D eigenvalue weighted by atomic mass is 10.1. The fourth-order valence-electron chi connectivity index (χ4n) is 2.04. The molecule has 2 aromatic carbocycles. The molecule has 0 fully saturated rings. The van der Waals surface area contributed by atoms with E-state index in [0.717, 1.165) is 32.7 Å². The highest BCUT2D eigenvalue weighted by Crippen LogP contribution is 2.32. The van der Waals surface area contributed by atoms with Gasteiger partial charge in [0, 0.05) is 16.1 Å². The third-order valence-electron chi connectivity index (χ3n) is 3.05. The summed E-state index contributed by atoms with van der Waals surface area (Å²) >= 11 is 3.56. The number of hydrogen-bond acceptors (Lipinski definition) is 2. The summed E-state index contributed by atoms with van der Waals surface area (Å²) in [4.78, 5) is 0. The van der Waals surface area contributed by atoms with Crippen LogP contribution in [0.15, 0.2) is 40.9 Å². The van der Waals surface area contributed by atoms with Crippen molar-refractivity contribution in [3.63, 3.8) is 0 Å². The molecule has 1 atom stereocenters. The van der Waals surface area contributed by atoms with Gasteiger partial charge in [-0.25, -0.2) is 0 Å². The smallest absolute Gasteiger partial charge is 0.132 e. The van der Waals surface area contributed by atoms with Gasteiger partial charge in [0.1, 0.15) is 11.5 Å². The van der Waals surface area contributed by atoms with Gasteiger partial charge in [-0.15, -0.1) is 0 Å². The van der Waals surface area contributed by atoms with E-state index in [-0.39, 0.29) is 6.04 Å².